The van der Waals surface area contributed by atoms with Gasteiger partial charge < -0.3 is 18.6 Å². The number of hydrogen-bond donors (Lipinski definition) is 0. The molecule has 4 aromatic rings. The number of methoxy groups -OCH3 is 1. The zero-order valence-corrected chi connectivity index (χ0v) is 18.4. The van der Waals surface area contributed by atoms with Crippen molar-refractivity contribution in [3.05, 3.63) is 93.7 Å². The van der Waals surface area contributed by atoms with E-state index in [0.717, 1.165) is 22.4 Å². The molecule has 0 saturated carbocycles. The van der Waals surface area contributed by atoms with E-state index in [1.54, 1.807) is 6.07 Å². The molecular weight excluding hydrogens is 432 g/mol. The Kier molecular flexibility index (Phi) is 4.73. The van der Waals surface area contributed by atoms with E-state index in [9.17, 15) is 9.59 Å². The highest BCUT2D eigenvalue weighted by Gasteiger charge is 2.36. The summed E-state index contributed by atoms with van der Waals surface area (Å²) in [6, 6.07) is 20.2. The van der Waals surface area contributed by atoms with Crippen LogP contribution in [0.2, 0.25) is 0 Å². The number of carbonyl (C=O) groups is 1. The Bertz CT molecular complexity index is 1530. The Morgan fingerprint density at radius 2 is 1.74 bits per heavy atom. The summed E-state index contributed by atoms with van der Waals surface area (Å²) in [5, 5.41) is 0.321. The van der Waals surface area contributed by atoms with Crippen molar-refractivity contribution in [3.8, 4) is 28.6 Å². The van der Waals surface area contributed by atoms with Gasteiger partial charge in [0.25, 0.3) is 0 Å². The fourth-order valence-corrected chi connectivity index (χ4v) is 4.70. The van der Waals surface area contributed by atoms with E-state index in [1.165, 1.54) is 13.2 Å². The van der Waals surface area contributed by atoms with Gasteiger partial charge in [0, 0.05) is 34.7 Å². The highest BCUT2D eigenvalue weighted by Crippen LogP contribution is 2.47. The van der Waals surface area contributed by atoms with Crippen LogP contribution in [0.1, 0.15) is 23.5 Å². The third-order valence-electron chi connectivity index (χ3n) is 6.29. The maximum absolute atomic E-state index is 13.3. The van der Waals surface area contributed by atoms with E-state index < -0.39 is 0 Å². The molecule has 34 heavy (non-hydrogen) atoms. The predicted molar refractivity (Wildman–Crippen MR) is 127 cm³/mol. The number of rotatable bonds is 3. The van der Waals surface area contributed by atoms with E-state index in [0.29, 0.717) is 40.4 Å². The van der Waals surface area contributed by atoms with Gasteiger partial charge in [-0.25, -0.2) is 0 Å². The molecule has 2 aliphatic rings. The molecule has 6 rings (SSSR count). The first-order valence-electron chi connectivity index (χ1n) is 11.0. The van der Waals surface area contributed by atoms with E-state index in [2.05, 4.69) is 0 Å². The molecule has 1 aromatic heterocycles. The Morgan fingerprint density at radius 1 is 0.941 bits per heavy atom. The molecule has 6 heteroatoms. The van der Waals surface area contributed by atoms with Gasteiger partial charge in [-0.2, -0.15) is 0 Å². The molecule has 0 amide bonds. The second-order valence-electron chi connectivity index (χ2n) is 8.31. The number of hydrogen-bond acceptors (Lipinski definition) is 6. The monoisotopic (exact) mass is 452 g/mol. The van der Waals surface area contributed by atoms with Crippen molar-refractivity contribution in [2.24, 2.45) is 0 Å². The highest BCUT2D eigenvalue weighted by atomic mass is 16.5. The number of esters is 1. The van der Waals surface area contributed by atoms with Crippen molar-refractivity contribution in [1.29, 1.82) is 0 Å². The van der Waals surface area contributed by atoms with E-state index in [-0.39, 0.29) is 23.7 Å². The molecule has 168 valence electrons. The number of ether oxygens (including phenoxy) is 3. The minimum Gasteiger partial charge on any atom is -0.496 e. The van der Waals surface area contributed by atoms with Crippen LogP contribution in [0.4, 0.5) is 0 Å². The first-order chi connectivity index (χ1) is 16.6. The standard InChI is InChI=1S/C28H20O6/c1-31-23-14-24-26(28-27(23)20(29)13-22(34-28)16-7-3-2-4-8-16)19(12-25(30)33-24)18-11-17-9-5-6-10-21(17)32-15-18/h2-11,13-14,19H,12,15H2,1H3/t19-/m1/s1. The Hall–Kier alpha value is -4.32. The molecule has 0 fully saturated rings. The zero-order chi connectivity index (χ0) is 23.2. The second kappa shape index (κ2) is 7.92. The van der Waals surface area contributed by atoms with Gasteiger partial charge in [-0.05, 0) is 17.7 Å². The van der Waals surface area contributed by atoms with Crippen LogP contribution in [-0.2, 0) is 4.79 Å². The van der Waals surface area contributed by atoms with Crippen LogP contribution in [0.25, 0.3) is 28.4 Å². The fourth-order valence-electron chi connectivity index (χ4n) is 4.70. The summed E-state index contributed by atoms with van der Waals surface area (Å²) in [4.78, 5) is 25.9. The highest BCUT2D eigenvalue weighted by molar-refractivity contribution is 5.93. The van der Waals surface area contributed by atoms with E-state index in [1.807, 2.05) is 60.7 Å². The minimum atomic E-state index is -0.368. The second-order valence-corrected chi connectivity index (χ2v) is 8.31. The van der Waals surface area contributed by atoms with Gasteiger partial charge in [-0.1, -0.05) is 48.5 Å². The van der Waals surface area contributed by atoms with Crippen LogP contribution in [-0.4, -0.2) is 19.7 Å². The van der Waals surface area contributed by atoms with Crippen LogP contribution in [0.5, 0.6) is 17.2 Å². The summed E-state index contributed by atoms with van der Waals surface area (Å²) >= 11 is 0. The van der Waals surface area contributed by atoms with E-state index in [4.69, 9.17) is 18.6 Å². The lowest BCUT2D eigenvalue weighted by Gasteiger charge is -2.29. The van der Waals surface area contributed by atoms with Crippen LogP contribution < -0.4 is 19.6 Å². The quantitative estimate of drug-likeness (QED) is 0.309. The van der Waals surface area contributed by atoms with Gasteiger partial charge in [0.05, 0.1) is 13.5 Å². The van der Waals surface area contributed by atoms with Gasteiger partial charge >= 0.3 is 5.97 Å². The molecule has 2 aliphatic heterocycles. The summed E-state index contributed by atoms with van der Waals surface area (Å²) in [6.45, 7) is 0.324. The van der Waals surface area contributed by atoms with Gasteiger partial charge in [0.1, 0.15) is 40.6 Å². The van der Waals surface area contributed by atoms with Crippen molar-refractivity contribution >= 4 is 23.0 Å². The maximum Gasteiger partial charge on any atom is 0.312 e. The minimum absolute atomic E-state index is 0.116. The van der Waals surface area contributed by atoms with Crippen LogP contribution in [0.3, 0.4) is 0 Å². The lowest BCUT2D eigenvalue weighted by atomic mass is 9.83. The number of benzene rings is 3. The average molecular weight is 452 g/mol. The largest absolute Gasteiger partial charge is 0.496 e. The molecule has 0 aliphatic carbocycles. The first-order valence-corrected chi connectivity index (χ1v) is 11.0. The smallest absolute Gasteiger partial charge is 0.312 e. The fraction of sp³-hybridized carbons (Fsp3) is 0.143. The zero-order valence-electron chi connectivity index (χ0n) is 18.4. The molecule has 6 nitrogen and oxygen atoms in total. The number of para-hydroxylation sites is 1. The molecule has 3 aromatic carbocycles. The third-order valence-corrected chi connectivity index (χ3v) is 6.29. The van der Waals surface area contributed by atoms with Gasteiger partial charge in [-0.3, -0.25) is 9.59 Å². The third kappa shape index (κ3) is 3.27. The summed E-state index contributed by atoms with van der Waals surface area (Å²) in [5.41, 5.74) is 3.41. The molecule has 0 radical (unpaired) electrons. The number of carbonyl (C=O) groups excluding carboxylic acids is 1. The maximum atomic E-state index is 13.3. The normalized spacial score (nSPS) is 16.7. The first kappa shape index (κ1) is 20.3. The average Bonchev–Trinajstić information content (AvgIpc) is 2.87. The summed E-state index contributed by atoms with van der Waals surface area (Å²) in [7, 11) is 1.47. The van der Waals surface area contributed by atoms with Crippen molar-refractivity contribution in [2.75, 3.05) is 13.7 Å². The predicted octanol–water partition coefficient (Wildman–Crippen LogP) is 5.34. The number of fused-ring (bicyclic) bond motifs is 4. The molecular formula is C28H20O6. The van der Waals surface area contributed by atoms with Crippen molar-refractivity contribution in [3.63, 3.8) is 0 Å². The van der Waals surface area contributed by atoms with Crippen LogP contribution in [0, 0.1) is 0 Å². The van der Waals surface area contributed by atoms with Crippen LogP contribution >= 0.6 is 0 Å². The van der Waals surface area contributed by atoms with Crippen LogP contribution in [0.15, 0.2) is 81.5 Å². The van der Waals surface area contributed by atoms with E-state index >= 15 is 0 Å². The Balaban J connectivity index is 1.62. The lowest BCUT2D eigenvalue weighted by Crippen LogP contribution is -2.25. The van der Waals surface area contributed by atoms with Gasteiger partial charge in [0.15, 0.2) is 5.43 Å². The SMILES string of the molecule is COc1cc2c(c3oc(-c4ccccc4)cc(=O)c13)[C@@H](C1=Cc3ccccc3OC1)CC(=O)O2. The molecule has 0 bridgehead atoms. The van der Waals surface area contributed by atoms with Gasteiger partial charge in [0.2, 0.25) is 0 Å². The summed E-state index contributed by atoms with van der Waals surface area (Å²) in [5.74, 6) is 1.13. The molecule has 0 N–H and O–H groups in total. The Labute approximate surface area is 195 Å². The van der Waals surface area contributed by atoms with Gasteiger partial charge in [-0.15, -0.1) is 0 Å². The van der Waals surface area contributed by atoms with Crippen molar-refractivity contribution in [1.82, 2.24) is 0 Å². The molecule has 3 heterocycles. The topological polar surface area (TPSA) is 75.0 Å². The summed E-state index contributed by atoms with van der Waals surface area (Å²) in [6.07, 6.45) is 2.16. The Morgan fingerprint density at radius 3 is 2.56 bits per heavy atom. The molecule has 0 saturated heterocycles. The molecule has 1 atom stereocenters. The molecule has 0 spiro atoms. The van der Waals surface area contributed by atoms with Crippen molar-refractivity contribution < 1.29 is 23.4 Å². The summed E-state index contributed by atoms with van der Waals surface area (Å²) < 4.78 is 23.4. The lowest BCUT2D eigenvalue weighted by molar-refractivity contribution is -0.135. The molecule has 0 unspecified atom stereocenters. The van der Waals surface area contributed by atoms with Crippen molar-refractivity contribution in [2.45, 2.75) is 12.3 Å².